The lowest BCUT2D eigenvalue weighted by Crippen LogP contribution is -2.18. The largest absolute Gasteiger partial charge is 0.454 e. The molecule has 0 N–H and O–H groups in total. The zero-order valence-corrected chi connectivity index (χ0v) is 17.3. The van der Waals surface area contributed by atoms with Crippen LogP contribution in [-0.4, -0.2) is 0 Å². The third-order valence-corrected chi connectivity index (χ3v) is 5.42. The van der Waals surface area contributed by atoms with Crippen molar-refractivity contribution in [2.45, 2.75) is 38.0 Å². The standard InChI is InChI=1S/C25H23ClFNO/c1-25(2,20-9-11-21(26)12-10-20)15-14-19(17-28)18-8-13-23(27)24(16-18)29-22-6-4-3-5-7-22/h3-13,16,19H,14-15H2,1-2H3. The van der Waals surface area contributed by atoms with Crippen LogP contribution in [0.5, 0.6) is 11.5 Å². The van der Waals surface area contributed by atoms with E-state index in [1.807, 2.05) is 42.5 Å². The Labute approximate surface area is 176 Å². The van der Waals surface area contributed by atoms with Gasteiger partial charge >= 0.3 is 0 Å². The van der Waals surface area contributed by atoms with E-state index in [0.29, 0.717) is 17.2 Å². The van der Waals surface area contributed by atoms with Crippen LogP contribution in [0, 0.1) is 17.1 Å². The molecule has 148 valence electrons. The Morgan fingerprint density at radius 2 is 1.72 bits per heavy atom. The fraction of sp³-hybridized carbons (Fsp3) is 0.240. The SMILES string of the molecule is CC(C)(CCC(C#N)c1ccc(F)c(Oc2ccccc2)c1)c1ccc(Cl)cc1. The van der Waals surface area contributed by atoms with Crippen LogP contribution in [0.1, 0.15) is 43.7 Å². The molecular weight excluding hydrogens is 385 g/mol. The number of halogens is 2. The molecule has 0 radical (unpaired) electrons. The molecule has 0 bridgehead atoms. The van der Waals surface area contributed by atoms with E-state index in [9.17, 15) is 9.65 Å². The van der Waals surface area contributed by atoms with Gasteiger partial charge in [0.2, 0.25) is 0 Å². The lowest BCUT2D eigenvalue weighted by molar-refractivity contribution is 0.437. The van der Waals surface area contributed by atoms with Gasteiger partial charge in [-0.05, 0) is 65.8 Å². The summed E-state index contributed by atoms with van der Waals surface area (Å²) in [7, 11) is 0. The Morgan fingerprint density at radius 3 is 2.38 bits per heavy atom. The Hall–Kier alpha value is -2.83. The molecule has 0 heterocycles. The minimum absolute atomic E-state index is 0.108. The number of hydrogen-bond acceptors (Lipinski definition) is 2. The maximum atomic E-state index is 14.2. The molecule has 3 aromatic rings. The molecule has 4 heteroatoms. The second-order valence-electron chi connectivity index (χ2n) is 7.72. The van der Waals surface area contributed by atoms with Crippen molar-refractivity contribution in [3.05, 3.63) is 94.8 Å². The minimum Gasteiger partial charge on any atom is -0.454 e. The summed E-state index contributed by atoms with van der Waals surface area (Å²) in [4.78, 5) is 0. The summed E-state index contributed by atoms with van der Waals surface area (Å²) in [6.07, 6.45) is 1.46. The van der Waals surface area contributed by atoms with E-state index in [4.69, 9.17) is 16.3 Å². The number of nitriles is 1. The first-order valence-electron chi connectivity index (χ1n) is 9.57. The van der Waals surface area contributed by atoms with Crippen LogP contribution in [0.4, 0.5) is 4.39 Å². The van der Waals surface area contributed by atoms with Crippen molar-refractivity contribution in [2.24, 2.45) is 0 Å². The Kier molecular flexibility index (Phi) is 6.56. The molecule has 1 unspecified atom stereocenters. The molecule has 3 rings (SSSR count). The molecule has 0 aliphatic heterocycles. The molecule has 0 aliphatic rings. The summed E-state index contributed by atoms with van der Waals surface area (Å²) in [5, 5.41) is 10.4. The van der Waals surface area contributed by atoms with Gasteiger partial charge in [-0.2, -0.15) is 5.26 Å². The predicted octanol–water partition coefficient (Wildman–Crippen LogP) is 7.64. The van der Waals surface area contributed by atoms with E-state index in [0.717, 1.165) is 12.0 Å². The quantitative estimate of drug-likeness (QED) is 0.403. The highest BCUT2D eigenvalue weighted by Crippen LogP contribution is 2.35. The second-order valence-corrected chi connectivity index (χ2v) is 8.15. The fourth-order valence-corrected chi connectivity index (χ4v) is 3.41. The van der Waals surface area contributed by atoms with Crippen LogP contribution < -0.4 is 4.74 Å². The van der Waals surface area contributed by atoms with Crippen molar-refractivity contribution >= 4 is 11.6 Å². The number of benzene rings is 3. The predicted molar refractivity (Wildman–Crippen MR) is 115 cm³/mol. The minimum atomic E-state index is -0.448. The average Bonchev–Trinajstić information content (AvgIpc) is 2.72. The van der Waals surface area contributed by atoms with Crippen molar-refractivity contribution in [1.82, 2.24) is 0 Å². The number of ether oxygens (including phenoxy) is 1. The van der Waals surface area contributed by atoms with Crippen LogP contribution in [0.15, 0.2) is 72.8 Å². The first-order chi connectivity index (χ1) is 13.9. The Bertz CT molecular complexity index is 994. The summed E-state index contributed by atoms with van der Waals surface area (Å²) >= 11 is 5.99. The third kappa shape index (κ3) is 5.37. The maximum Gasteiger partial charge on any atom is 0.165 e. The zero-order chi connectivity index (χ0) is 20.9. The molecule has 2 nitrogen and oxygen atoms in total. The van der Waals surface area contributed by atoms with E-state index in [1.165, 1.54) is 11.6 Å². The highest BCUT2D eigenvalue weighted by atomic mass is 35.5. The lowest BCUT2D eigenvalue weighted by atomic mass is 9.78. The molecule has 0 saturated heterocycles. The smallest absolute Gasteiger partial charge is 0.165 e. The molecule has 0 aliphatic carbocycles. The summed E-state index contributed by atoms with van der Waals surface area (Å²) in [5.41, 5.74) is 1.82. The topological polar surface area (TPSA) is 33.0 Å². The molecule has 3 aromatic carbocycles. The van der Waals surface area contributed by atoms with E-state index in [-0.39, 0.29) is 17.1 Å². The van der Waals surface area contributed by atoms with Gasteiger partial charge in [0.05, 0.1) is 12.0 Å². The molecule has 1 atom stereocenters. The summed E-state index contributed by atoms with van der Waals surface area (Å²) in [6, 6.07) is 23.9. The first-order valence-corrected chi connectivity index (χ1v) is 9.95. The second kappa shape index (κ2) is 9.11. The van der Waals surface area contributed by atoms with Crippen LogP contribution in [0.25, 0.3) is 0 Å². The van der Waals surface area contributed by atoms with Gasteiger partial charge in [-0.15, -0.1) is 0 Å². The van der Waals surface area contributed by atoms with Gasteiger partial charge < -0.3 is 4.74 Å². The van der Waals surface area contributed by atoms with Gasteiger partial charge in [-0.25, -0.2) is 4.39 Å². The number of para-hydroxylation sites is 1. The highest BCUT2D eigenvalue weighted by Gasteiger charge is 2.23. The van der Waals surface area contributed by atoms with Crippen molar-refractivity contribution < 1.29 is 9.13 Å². The van der Waals surface area contributed by atoms with Gasteiger partial charge in [-0.1, -0.05) is 61.8 Å². The fourth-order valence-electron chi connectivity index (χ4n) is 3.29. The molecule has 0 fully saturated rings. The van der Waals surface area contributed by atoms with Crippen LogP contribution in [0.3, 0.4) is 0 Å². The third-order valence-electron chi connectivity index (χ3n) is 5.17. The molecule has 0 spiro atoms. The van der Waals surface area contributed by atoms with Crippen LogP contribution in [-0.2, 0) is 5.41 Å². The van der Waals surface area contributed by atoms with Crippen molar-refractivity contribution in [1.29, 1.82) is 5.26 Å². The average molecular weight is 408 g/mol. The Morgan fingerprint density at radius 1 is 1.03 bits per heavy atom. The summed E-state index contributed by atoms with van der Waals surface area (Å²) in [6.45, 7) is 4.30. The maximum absolute atomic E-state index is 14.2. The highest BCUT2D eigenvalue weighted by molar-refractivity contribution is 6.30. The van der Waals surface area contributed by atoms with Crippen molar-refractivity contribution in [3.63, 3.8) is 0 Å². The molecular formula is C25H23ClFNO. The van der Waals surface area contributed by atoms with Crippen LogP contribution >= 0.6 is 11.6 Å². The van der Waals surface area contributed by atoms with Gasteiger partial charge in [-0.3, -0.25) is 0 Å². The van der Waals surface area contributed by atoms with E-state index in [2.05, 4.69) is 19.9 Å². The molecule has 29 heavy (non-hydrogen) atoms. The number of nitrogens with zero attached hydrogens (tertiary/aromatic N) is 1. The summed E-state index contributed by atoms with van der Waals surface area (Å²) in [5.74, 6) is -0.108. The number of rotatable bonds is 7. The van der Waals surface area contributed by atoms with Crippen molar-refractivity contribution in [3.8, 4) is 17.6 Å². The molecule has 0 amide bonds. The van der Waals surface area contributed by atoms with Gasteiger partial charge in [0, 0.05) is 5.02 Å². The van der Waals surface area contributed by atoms with Gasteiger partial charge in [0.15, 0.2) is 11.6 Å². The molecule has 0 saturated carbocycles. The van der Waals surface area contributed by atoms with E-state index in [1.54, 1.807) is 24.3 Å². The van der Waals surface area contributed by atoms with E-state index >= 15 is 0 Å². The zero-order valence-electron chi connectivity index (χ0n) is 16.5. The summed E-state index contributed by atoms with van der Waals surface area (Å²) < 4.78 is 19.9. The van der Waals surface area contributed by atoms with Crippen molar-refractivity contribution in [2.75, 3.05) is 0 Å². The monoisotopic (exact) mass is 407 g/mol. The van der Waals surface area contributed by atoms with E-state index < -0.39 is 5.82 Å². The molecule has 0 aromatic heterocycles. The number of hydrogen-bond donors (Lipinski definition) is 0. The normalized spacial score (nSPS) is 12.2. The van der Waals surface area contributed by atoms with Gasteiger partial charge in [0.1, 0.15) is 5.75 Å². The first kappa shape index (κ1) is 20.9. The Balaban J connectivity index is 1.75. The van der Waals surface area contributed by atoms with Crippen LogP contribution in [0.2, 0.25) is 5.02 Å². The lowest BCUT2D eigenvalue weighted by Gasteiger charge is -2.26. The van der Waals surface area contributed by atoms with Gasteiger partial charge in [0.25, 0.3) is 0 Å².